The van der Waals surface area contributed by atoms with Gasteiger partial charge in [0.05, 0.1) is 26.4 Å². The Morgan fingerprint density at radius 2 is 1.96 bits per heavy atom. The Labute approximate surface area is 167 Å². The van der Waals surface area contributed by atoms with Crippen LogP contribution in [0.5, 0.6) is 5.75 Å². The summed E-state index contributed by atoms with van der Waals surface area (Å²) < 4.78 is 10.7. The van der Waals surface area contributed by atoms with Crippen molar-refractivity contribution in [3.8, 4) is 5.75 Å². The summed E-state index contributed by atoms with van der Waals surface area (Å²) in [5.41, 5.74) is 3.17. The van der Waals surface area contributed by atoms with Crippen LogP contribution in [0.1, 0.15) is 12.5 Å². The third-order valence-corrected chi connectivity index (χ3v) is 5.14. The average molecular weight is 383 g/mol. The van der Waals surface area contributed by atoms with Gasteiger partial charge in [0.25, 0.3) is 0 Å². The van der Waals surface area contributed by atoms with Crippen LogP contribution in [0.4, 0.5) is 11.4 Å². The molecule has 1 fully saturated rings. The van der Waals surface area contributed by atoms with Crippen molar-refractivity contribution in [3.05, 3.63) is 54.1 Å². The van der Waals surface area contributed by atoms with Crippen molar-refractivity contribution in [1.82, 2.24) is 4.90 Å². The quantitative estimate of drug-likeness (QED) is 0.797. The topological polar surface area (TPSA) is 54.0 Å². The van der Waals surface area contributed by atoms with Crippen LogP contribution in [-0.4, -0.2) is 57.3 Å². The molecule has 28 heavy (non-hydrogen) atoms. The first-order chi connectivity index (χ1) is 13.6. The molecule has 1 atom stereocenters. The number of methoxy groups -OCH3 is 1. The summed E-state index contributed by atoms with van der Waals surface area (Å²) in [6, 6.07) is 15.5. The van der Waals surface area contributed by atoms with E-state index in [1.807, 2.05) is 44.3 Å². The molecule has 0 bridgehead atoms. The molecule has 1 N–H and O–H groups in total. The molecule has 1 heterocycles. The van der Waals surface area contributed by atoms with Crippen LogP contribution in [0.15, 0.2) is 48.5 Å². The van der Waals surface area contributed by atoms with Gasteiger partial charge in [-0.15, -0.1) is 0 Å². The zero-order valence-electron chi connectivity index (χ0n) is 16.9. The molecule has 0 unspecified atom stereocenters. The number of likely N-dealkylation sites (N-methyl/N-ethyl adjacent to an activating group) is 1. The van der Waals surface area contributed by atoms with Gasteiger partial charge in [-0.05, 0) is 37.7 Å². The van der Waals surface area contributed by atoms with Gasteiger partial charge >= 0.3 is 0 Å². The van der Waals surface area contributed by atoms with Crippen molar-refractivity contribution in [2.75, 3.05) is 50.7 Å². The van der Waals surface area contributed by atoms with Gasteiger partial charge < -0.3 is 19.7 Å². The molecule has 6 nitrogen and oxygen atoms in total. The minimum absolute atomic E-state index is 0.0420. The zero-order valence-corrected chi connectivity index (χ0v) is 16.9. The van der Waals surface area contributed by atoms with E-state index >= 15 is 0 Å². The van der Waals surface area contributed by atoms with Gasteiger partial charge in [-0.3, -0.25) is 9.69 Å². The zero-order chi connectivity index (χ0) is 19.9. The van der Waals surface area contributed by atoms with E-state index in [-0.39, 0.29) is 11.9 Å². The van der Waals surface area contributed by atoms with E-state index in [1.165, 1.54) is 11.3 Å². The predicted octanol–water partition coefficient (Wildman–Crippen LogP) is 2.99. The van der Waals surface area contributed by atoms with Gasteiger partial charge in [-0.25, -0.2) is 0 Å². The van der Waals surface area contributed by atoms with E-state index in [0.29, 0.717) is 6.54 Å². The molecule has 1 saturated heterocycles. The van der Waals surface area contributed by atoms with Gasteiger partial charge in [-0.1, -0.05) is 24.3 Å². The monoisotopic (exact) mass is 383 g/mol. The minimum atomic E-state index is -0.274. The first-order valence-corrected chi connectivity index (χ1v) is 9.64. The highest BCUT2D eigenvalue weighted by atomic mass is 16.5. The van der Waals surface area contributed by atoms with Crippen molar-refractivity contribution in [2.24, 2.45) is 0 Å². The molecule has 0 aromatic heterocycles. The summed E-state index contributed by atoms with van der Waals surface area (Å²) >= 11 is 0. The molecule has 0 saturated carbocycles. The van der Waals surface area contributed by atoms with Crippen molar-refractivity contribution < 1.29 is 14.3 Å². The number of ether oxygens (including phenoxy) is 2. The maximum absolute atomic E-state index is 12.7. The first-order valence-electron chi connectivity index (χ1n) is 9.64. The van der Waals surface area contributed by atoms with Crippen LogP contribution in [0, 0.1) is 0 Å². The Morgan fingerprint density at radius 1 is 1.21 bits per heavy atom. The Bertz CT molecular complexity index is 790. The van der Waals surface area contributed by atoms with E-state index in [1.54, 1.807) is 7.11 Å². The molecule has 0 radical (unpaired) electrons. The fourth-order valence-electron chi connectivity index (χ4n) is 3.31. The lowest BCUT2D eigenvalue weighted by molar-refractivity contribution is -0.120. The summed E-state index contributed by atoms with van der Waals surface area (Å²) in [6.45, 7) is 5.92. The number of anilines is 2. The lowest BCUT2D eigenvalue weighted by Gasteiger charge is -2.32. The third kappa shape index (κ3) is 5.03. The number of rotatable bonds is 7. The average Bonchev–Trinajstić information content (AvgIpc) is 2.74. The van der Waals surface area contributed by atoms with Gasteiger partial charge in [0.1, 0.15) is 5.75 Å². The summed E-state index contributed by atoms with van der Waals surface area (Å²) in [6.07, 6.45) is 0. The number of amides is 1. The number of benzene rings is 2. The fraction of sp³-hybridized carbons (Fsp3) is 0.409. The lowest BCUT2D eigenvalue weighted by atomic mass is 10.1. The normalized spacial score (nSPS) is 15.4. The van der Waals surface area contributed by atoms with Gasteiger partial charge in [0.2, 0.25) is 5.91 Å². The molecule has 0 aliphatic carbocycles. The van der Waals surface area contributed by atoms with Gasteiger partial charge in [0.15, 0.2) is 0 Å². The molecule has 6 heteroatoms. The highest BCUT2D eigenvalue weighted by Gasteiger charge is 2.21. The van der Waals surface area contributed by atoms with Crippen LogP contribution in [0.3, 0.4) is 0 Å². The van der Waals surface area contributed by atoms with E-state index in [0.717, 1.165) is 37.7 Å². The largest absolute Gasteiger partial charge is 0.497 e. The molecule has 2 aromatic carbocycles. The number of hydrogen-bond donors (Lipinski definition) is 1. The summed E-state index contributed by atoms with van der Waals surface area (Å²) in [4.78, 5) is 17.1. The van der Waals surface area contributed by atoms with Gasteiger partial charge in [0, 0.05) is 37.1 Å². The first kappa shape index (κ1) is 20.2. The van der Waals surface area contributed by atoms with Crippen molar-refractivity contribution in [1.29, 1.82) is 0 Å². The number of nitrogens with one attached hydrogen (secondary N) is 1. The van der Waals surface area contributed by atoms with Crippen molar-refractivity contribution in [2.45, 2.75) is 19.5 Å². The molecular weight excluding hydrogens is 354 g/mol. The maximum atomic E-state index is 12.7. The fourth-order valence-corrected chi connectivity index (χ4v) is 3.31. The number of carbonyl (C=O) groups excluding carboxylic acids is 1. The summed E-state index contributed by atoms with van der Waals surface area (Å²) in [7, 11) is 3.59. The molecule has 3 rings (SSSR count). The smallest absolute Gasteiger partial charge is 0.241 e. The molecule has 1 amide bonds. The second-order valence-electron chi connectivity index (χ2n) is 7.04. The molecule has 0 spiro atoms. The highest BCUT2D eigenvalue weighted by Crippen LogP contribution is 2.23. The van der Waals surface area contributed by atoms with Gasteiger partial charge in [-0.2, -0.15) is 0 Å². The Hall–Kier alpha value is -2.57. The maximum Gasteiger partial charge on any atom is 0.241 e. The third-order valence-electron chi connectivity index (χ3n) is 5.14. The minimum Gasteiger partial charge on any atom is -0.497 e. The molecule has 150 valence electrons. The van der Waals surface area contributed by atoms with Crippen molar-refractivity contribution >= 4 is 17.3 Å². The van der Waals surface area contributed by atoms with E-state index in [9.17, 15) is 4.79 Å². The van der Waals surface area contributed by atoms with E-state index in [2.05, 4.69) is 33.3 Å². The lowest BCUT2D eigenvalue weighted by Crippen LogP contribution is -2.40. The Kier molecular flexibility index (Phi) is 6.90. The molecule has 1 aliphatic rings. The van der Waals surface area contributed by atoms with Crippen LogP contribution in [0.2, 0.25) is 0 Å². The van der Waals surface area contributed by atoms with Crippen LogP contribution in [-0.2, 0) is 16.1 Å². The van der Waals surface area contributed by atoms with Crippen LogP contribution >= 0.6 is 0 Å². The number of morpholine rings is 1. The molecular formula is C22H29N3O3. The van der Waals surface area contributed by atoms with Crippen LogP contribution < -0.4 is 15.0 Å². The summed E-state index contributed by atoms with van der Waals surface area (Å²) in [5.74, 6) is 0.679. The summed E-state index contributed by atoms with van der Waals surface area (Å²) in [5, 5.41) is 2.97. The standard InChI is InChI=1S/C22H29N3O3/c1-17(22(26)23-19-8-6-9-20(15-19)27-3)24(2)16-18-7-4-5-10-21(18)25-11-13-28-14-12-25/h4-10,15,17H,11-14,16H2,1-3H3,(H,23,26)/t17-/m1/s1. The number of hydrogen-bond acceptors (Lipinski definition) is 5. The molecule has 1 aliphatic heterocycles. The number of nitrogens with zero attached hydrogens (tertiary/aromatic N) is 2. The predicted molar refractivity (Wildman–Crippen MR) is 112 cm³/mol. The SMILES string of the molecule is COc1cccc(NC(=O)[C@@H](C)N(C)Cc2ccccc2N2CCOCC2)c1. The second kappa shape index (κ2) is 9.57. The van der Waals surface area contributed by atoms with E-state index in [4.69, 9.17) is 9.47 Å². The molecule has 2 aromatic rings. The highest BCUT2D eigenvalue weighted by molar-refractivity contribution is 5.94. The second-order valence-corrected chi connectivity index (χ2v) is 7.04. The Balaban J connectivity index is 1.65. The number of carbonyl (C=O) groups is 1. The van der Waals surface area contributed by atoms with Crippen LogP contribution in [0.25, 0.3) is 0 Å². The van der Waals surface area contributed by atoms with Crippen molar-refractivity contribution in [3.63, 3.8) is 0 Å². The Morgan fingerprint density at radius 3 is 2.71 bits per heavy atom. The number of para-hydroxylation sites is 1. The van der Waals surface area contributed by atoms with E-state index < -0.39 is 0 Å².